The van der Waals surface area contributed by atoms with Gasteiger partial charge in [0.1, 0.15) is 0 Å². The molecule has 0 bridgehead atoms. The first-order chi connectivity index (χ1) is 9.60. The van der Waals surface area contributed by atoms with Crippen LogP contribution in [0.25, 0.3) is 0 Å². The van der Waals surface area contributed by atoms with E-state index in [0.29, 0.717) is 17.7 Å². The fraction of sp³-hybridized carbons (Fsp3) is 0.625. The molecule has 1 atom stereocenters. The number of hydrogen-bond acceptors (Lipinski definition) is 3. The van der Waals surface area contributed by atoms with E-state index in [1.165, 1.54) is 7.11 Å². The Morgan fingerprint density at radius 2 is 2.25 bits per heavy atom. The minimum absolute atomic E-state index is 0.279. The van der Waals surface area contributed by atoms with Crippen LogP contribution in [-0.4, -0.2) is 37.7 Å². The lowest BCUT2D eigenvalue weighted by Crippen LogP contribution is -2.41. The molecule has 0 saturated carbocycles. The van der Waals surface area contributed by atoms with Crippen LogP contribution in [0.1, 0.15) is 25.8 Å². The lowest BCUT2D eigenvalue weighted by Gasteiger charge is -2.26. The third-order valence-corrected chi connectivity index (χ3v) is 3.94. The second-order valence-electron chi connectivity index (χ2n) is 5.86. The second-order valence-corrected chi connectivity index (χ2v) is 5.86. The van der Waals surface area contributed by atoms with Crippen LogP contribution < -0.4 is 10.1 Å². The first-order valence-electron chi connectivity index (χ1n) is 7.38. The average molecular weight is 280 g/mol. The number of hydrogen-bond donors (Lipinski definition) is 1. The van der Waals surface area contributed by atoms with Crippen molar-refractivity contribution < 1.29 is 9.13 Å². The van der Waals surface area contributed by atoms with Gasteiger partial charge in [0, 0.05) is 19.1 Å². The van der Waals surface area contributed by atoms with Gasteiger partial charge in [-0.15, -0.1) is 0 Å². The Hall–Kier alpha value is -1.13. The summed E-state index contributed by atoms with van der Waals surface area (Å²) in [7, 11) is 1.49. The Bertz CT molecular complexity index is 436. The van der Waals surface area contributed by atoms with Gasteiger partial charge in [-0.25, -0.2) is 4.39 Å². The van der Waals surface area contributed by atoms with Crippen molar-refractivity contribution in [1.29, 1.82) is 0 Å². The predicted molar refractivity (Wildman–Crippen MR) is 79.5 cm³/mol. The van der Waals surface area contributed by atoms with E-state index in [2.05, 4.69) is 24.1 Å². The Morgan fingerprint density at radius 3 is 2.90 bits per heavy atom. The molecule has 1 fully saturated rings. The monoisotopic (exact) mass is 280 g/mol. The number of benzene rings is 1. The van der Waals surface area contributed by atoms with Gasteiger partial charge in [0.25, 0.3) is 0 Å². The summed E-state index contributed by atoms with van der Waals surface area (Å²) < 4.78 is 18.7. The molecular weight excluding hydrogens is 255 g/mol. The van der Waals surface area contributed by atoms with Crippen LogP contribution in [0.15, 0.2) is 18.2 Å². The van der Waals surface area contributed by atoms with Gasteiger partial charge < -0.3 is 10.1 Å². The summed E-state index contributed by atoms with van der Waals surface area (Å²) in [6, 6.07) is 5.76. The number of rotatable bonds is 4. The van der Waals surface area contributed by atoms with Gasteiger partial charge in [0.15, 0.2) is 11.6 Å². The Labute approximate surface area is 121 Å². The normalized spacial score (nSPS) is 20.9. The van der Waals surface area contributed by atoms with Crippen molar-refractivity contribution >= 4 is 0 Å². The molecule has 1 saturated heterocycles. The SMILES string of the molecule is COc1ccc(CN2CCCNC(C(C)C)C2)cc1F. The van der Waals surface area contributed by atoms with E-state index in [9.17, 15) is 4.39 Å². The number of halogens is 1. The van der Waals surface area contributed by atoms with Gasteiger partial charge in [-0.05, 0) is 43.1 Å². The van der Waals surface area contributed by atoms with Crippen LogP contribution in [0.2, 0.25) is 0 Å². The molecule has 1 N–H and O–H groups in total. The van der Waals surface area contributed by atoms with Crippen molar-refractivity contribution in [3.63, 3.8) is 0 Å². The van der Waals surface area contributed by atoms with Crippen molar-refractivity contribution in [3.05, 3.63) is 29.6 Å². The van der Waals surface area contributed by atoms with Crippen molar-refractivity contribution in [2.45, 2.75) is 32.9 Å². The number of nitrogens with zero attached hydrogens (tertiary/aromatic N) is 1. The maximum Gasteiger partial charge on any atom is 0.165 e. The molecule has 0 aromatic heterocycles. The minimum atomic E-state index is -0.279. The third-order valence-electron chi connectivity index (χ3n) is 3.94. The first-order valence-corrected chi connectivity index (χ1v) is 7.38. The highest BCUT2D eigenvalue weighted by Crippen LogP contribution is 2.19. The average Bonchev–Trinajstić information content (AvgIpc) is 2.65. The number of ether oxygens (including phenoxy) is 1. The quantitative estimate of drug-likeness (QED) is 0.917. The molecule has 0 amide bonds. The fourth-order valence-electron chi connectivity index (χ4n) is 2.68. The molecule has 1 aromatic rings. The van der Waals surface area contributed by atoms with E-state index < -0.39 is 0 Å². The summed E-state index contributed by atoms with van der Waals surface area (Å²) in [5.74, 6) is 0.646. The number of nitrogens with one attached hydrogen (secondary N) is 1. The number of methoxy groups -OCH3 is 1. The highest BCUT2D eigenvalue weighted by molar-refractivity contribution is 5.29. The van der Waals surface area contributed by atoms with Crippen LogP contribution in [0.3, 0.4) is 0 Å². The van der Waals surface area contributed by atoms with Crippen LogP contribution in [0, 0.1) is 11.7 Å². The summed E-state index contributed by atoms with van der Waals surface area (Å²) in [4.78, 5) is 2.41. The molecule has 0 aliphatic carbocycles. The van der Waals surface area contributed by atoms with Crippen LogP contribution in [0.5, 0.6) is 5.75 Å². The highest BCUT2D eigenvalue weighted by Gasteiger charge is 2.20. The Kier molecular flexibility index (Phi) is 5.38. The lowest BCUT2D eigenvalue weighted by atomic mass is 10.0. The molecule has 2 rings (SSSR count). The van der Waals surface area contributed by atoms with Gasteiger partial charge in [0.2, 0.25) is 0 Å². The first kappa shape index (κ1) is 15.3. The van der Waals surface area contributed by atoms with E-state index >= 15 is 0 Å². The standard InChI is InChI=1S/C16H25FN2O/c1-12(2)15-11-19(8-4-7-18-15)10-13-5-6-16(20-3)14(17)9-13/h5-6,9,12,15,18H,4,7-8,10-11H2,1-3H3. The van der Waals surface area contributed by atoms with E-state index in [1.54, 1.807) is 12.1 Å². The van der Waals surface area contributed by atoms with E-state index in [-0.39, 0.29) is 5.82 Å². The zero-order valence-corrected chi connectivity index (χ0v) is 12.7. The summed E-state index contributed by atoms with van der Waals surface area (Å²) in [5.41, 5.74) is 1.01. The molecule has 0 radical (unpaired) electrons. The molecule has 3 nitrogen and oxygen atoms in total. The van der Waals surface area contributed by atoms with E-state index in [0.717, 1.165) is 38.2 Å². The zero-order valence-electron chi connectivity index (χ0n) is 12.7. The predicted octanol–water partition coefficient (Wildman–Crippen LogP) is 2.65. The molecule has 1 aromatic carbocycles. The van der Waals surface area contributed by atoms with Crippen molar-refractivity contribution in [2.24, 2.45) is 5.92 Å². The molecule has 20 heavy (non-hydrogen) atoms. The van der Waals surface area contributed by atoms with Crippen LogP contribution in [-0.2, 0) is 6.54 Å². The minimum Gasteiger partial charge on any atom is -0.494 e. The van der Waals surface area contributed by atoms with Gasteiger partial charge >= 0.3 is 0 Å². The third kappa shape index (κ3) is 3.93. The Balaban J connectivity index is 2.02. The summed E-state index contributed by atoms with van der Waals surface area (Å²) in [5, 5.41) is 3.59. The van der Waals surface area contributed by atoms with E-state index in [4.69, 9.17) is 4.74 Å². The van der Waals surface area contributed by atoms with Gasteiger partial charge in [-0.1, -0.05) is 19.9 Å². The maximum absolute atomic E-state index is 13.7. The molecule has 1 aliphatic rings. The Morgan fingerprint density at radius 1 is 1.45 bits per heavy atom. The van der Waals surface area contributed by atoms with Gasteiger partial charge in [-0.3, -0.25) is 4.90 Å². The smallest absolute Gasteiger partial charge is 0.165 e. The topological polar surface area (TPSA) is 24.5 Å². The second kappa shape index (κ2) is 7.04. The van der Waals surface area contributed by atoms with Crippen molar-refractivity contribution in [1.82, 2.24) is 10.2 Å². The van der Waals surface area contributed by atoms with Crippen molar-refractivity contribution in [2.75, 3.05) is 26.7 Å². The summed E-state index contributed by atoms with van der Waals surface area (Å²) >= 11 is 0. The summed E-state index contributed by atoms with van der Waals surface area (Å²) in [6.45, 7) is 8.43. The molecule has 112 valence electrons. The van der Waals surface area contributed by atoms with Crippen LogP contribution >= 0.6 is 0 Å². The molecule has 1 aliphatic heterocycles. The highest BCUT2D eigenvalue weighted by atomic mass is 19.1. The van der Waals surface area contributed by atoms with E-state index in [1.807, 2.05) is 6.07 Å². The molecular formula is C16H25FN2O. The molecule has 1 unspecified atom stereocenters. The lowest BCUT2D eigenvalue weighted by molar-refractivity contribution is 0.238. The fourth-order valence-corrected chi connectivity index (χ4v) is 2.68. The maximum atomic E-state index is 13.7. The van der Waals surface area contributed by atoms with Crippen molar-refractivity contribution in [3.8, 4) is 5.75 Å². The van der Waals surface area contributed by atoms with Gasteiger partial charge in [-0.2, -0.15) is 0 Å². The largest absolute Gasteiger partial charge is 0.494 e. The van der Waals surface area contributed by atoms with Gasteiger partial charge in [0.05, 0.1) is 7.11 Å². The molecule has 4 heteroatoms. The zero-order chi connectivity index (χ0) is 14.5. The van der Waals surface area contributed by atoms with Crippen LogP contribution in [0.4, 0.5) is 4.39 Å². The summed E-state index contributed by atoms with van der Waals surface area (Å²) in [6.07, 6.45) is 1.14. The molecule has 0 spiro atoms. The molecule has 1 heterocycles.